The average Bonchev–Trinajstić information content (AvgIpc) is 3.02. The summed E-state index contributed by atoms with van der Waals surface area (Å²) in [5.41, 5.74) is 0.697. The maximum atomic E-state index is 14.6. The van der Waals surface area contributed by atoms with Crippen LogP contribution in [0.4, 0.5) is 18.9 Å². The minimum atomic E-state index is -4.52. The van der Waals surface area contributed by atoms with Gasteiger partial charge in [0, 0.05) is 27.9 Å². The first-order valence-electron chi connectivity index (χ1n) is 13.9. The van der Waals surface area contributed by atoms with Crippen LogP contribution < -0.4 is 16.2 Å². The van der Waals surface area contributed by atoms with Gasteiger partial charge in [-0.3, -0.25) is 14.2 Å². The molecule has 8 nitrogen and oxygen atoms in total. The molecular weight excluding hydrogens is 545 g/mol. The van der Waals surface area contributed by atoms with E-state index < -0.39 is 35.2 Å². The van der Waals surface area contributed by atoms with Crippen molar-refractivity contribution in [1.29, 1.82) is 5.26 Å². The quantitative estimate of drug-likeness (QED) is 0.397. The van der Waals surface area contributed by atoms with Crippen molar-refractivity contribution in [2.45, 2.75) is 57.2 Å². The van der Waals surface area contributed by atoms with Crippen LogP contribution in [-0.2, 0) is 29.4 Å². The fourth-order valence-electron chi connectivity index (χ4n) is 6.06. The highest BCUT2D eigenvalue weighted by atomic mass is 19.4. The van der Waals surface area contributed by atoms with Crippen molar-refractivity contribution in [2.24, 2.45) is 0 Å². The van der Waals surface area contributed by atoms with Crippen LogP contribution in [0.2, 0.25) is 0 Å². The first-order valence-corrected chi connectivity index (χ1v) is 13.9. The molecule has 42 heavy (non-hydrogen) atoms. The third kappa shape index (κ3) is 5.81. The number of aromatic nitrogens is 3. The van der Waals surface area contributed by atoms with Crippen LogP contribution >= 0.6 is 0 Å². The van der Waals surface area contributed by atoms with Gasteiger partial charge in [0.25, 0.3) is 5.56 Å². The van der Waals surface area contributed by atoms with Crippen molar-refractivity contribution < 1.29 is 18.0 Å². The van der Waals surface area contributed by atoms with Crippen molar-refractivity contribution in [2.75, 3.05) is 18.4 Å². The second-order valence-electron chi connectivity index (χ2n) is 10.8. The van der Waals surface area contributed by atoms with E-state index in [0.717, 1.165) is 56.6 Å². The zero-order valence-electron chi connectivity index (χ0n) is 23.1. The monoisotopic (exact) mass is 576 g/mol. The number of anilines is 1. The molecule has 0 radical (unpaired) electrons. The molecule has 2 heterocycles. The van der Waals surface area contributed by atoms with Crippen molar-refractivity contribution in [3.63, 3.8) is 0 Å². The lowest BCUT2D eigenvalue weighted by molar-refractivity contribution is -0.137. The van der Waals surface area contributed by atoms with Crippen LogP contribution in [-0.4, -0.2) is 33.5 Å². The van der Waals surface area contributed by atoms with Gasteiger partial charge in [-0.25, -0.2) is 4.98 Å². The van der Waals surface area contributed by atoms with E-state index in [-0.39, 0.29) is 22.6 Å². The molecule has 2 aliphatic rings. The van der Waals surface area contributed by atoms with Gasteiger partial charge in [-0.15, -0.1) is 0 Å². The molecular formula is C31H31F3N6O2. The topological polar surface area (TPSA) is 116 Å². The molecule has 218 valence electrons. The van der Waals surface area contributed by atoms with Crippen molar-refractivity contribution in [3.8, 4) is 17.3 Å². The second kappa shape index (κ2) is 11.8. The molecule has 3 aromatic rings. The van der Waals surface area contributed by atoms with Gasteiger partial charge in [0.05, 0.1) is 11.9 Å². The first-order chi connectivity index (χ1) is 20.1. The lowest BCUT2D eigenvalue weighted by atomic mass is 9.66. The van der Waals surface area contributed by atoms with E-state index in [1.807, 2.05) is 6.07 Å². The Morgan fingerprint density at radius 3 is 2.55 bits per heavy atom. The number of fused-ring (bicyclic) bond motifs is 2. The first kappa shape index (κ1) is 29.1. The van der Waals surface area contributed by atoms with Crippen LogP contribution in [0.15, 0.2) is 59.7 Å². The van der Waals surface area contributed by atoms with Crippen LogP contribution in [0, 0.1) is 18.3 Å². The maximum absolute atomic E-state index is 14.6. The summed E-state index contributed by atoms with van der Waals surface area (Å²) in [5.74, 6) is -0.653. The van der Waals surface area contributed by atoms with Crippen LogP contribution in [0.5, 0.6) is 0 Å². The number of nitrogens with zero attached hydrogens (tertiary/aromatic N) is 3. The zero-order chi connectivity index (χ0) is 29.9. The molecule has 1 aliphatic carbocycles. The Morgan fingerprint density at radius 1 is 1.14 bits per heavy atom. The Labute approximate surface area is 240 Å². The van der Waals surface area contributed by atoms with E-state index in [1.54, 1.807) is 24.3 Å². The smallest absolute Gasteiger partial charge is 0.349 e. The molecule has 0 bridgehead atoms. The summed E-state index contributed by atoms with van der Waals surface area (Å²) < 4.78 is 40.7. The number of alkyl halides is 3. The number of amides is 1. The van der Waals surface area contributed by atoms with Crippen molar-refractivity contribution in [3.05, 3.63) is 93.3 Å². The largest absolute Gasteiger partial charge is 0.416 e. The lowest BCUT2D eigenvalue weighted by Crippen LogP contribution is -2.46. The zero-order valence-corrected chi connectivity index (χ0v) is 23.1. The summed E-state index contributed by atoms with van der Waals surface area (Å²) >= 11 is 0. The molecule has 1 aliphatic heterocycles. The van der Waals surface area contributed by atoms with Gasteiger partial charge < -0.3 is 15.6 Å². The number of piperidine rings is 1. The molecule has 1 amide bonds. The highest BCUT2D eigenvalue weighted by Crippen LogP contribution is 2.41. The number of carbonyl (C=O) groups excluding carboxylic acids is 1. The summed E-state index contributed by atoms with van der Waals surface area (Å²) in [6.45, 7) is 2.41. The predicted octanol–water partition coefficient (Wildman–Crippen LogP) is 5.16. The Hall–Kier alpha value is -4.43. The molecule has 3 N–H and O–H groups in total. The summed E-state index contributed by atoms with van der Waals surface area (Å²) in [6.07, 6.45) is 0.752. The predicted molar refractivity (Wildman–Crippen MR) is 152 cm³/mol. The fourth-order valence-corrected chi connectivity index (χ4v) is 6.06. The third-order valence-electron chi connectivity index (χ3n) is 8.14. The van der Waals surface area contributed by atoms with E-state index in [2.05, 4.69) is 26.7 Å². The molecule has 1 aromatic heterocycles. The number of nitriles is 1. The number of aromatic amines is 1. The number of H-pyrrole nitrogens is 1. The number of hydrogen-bond donors (Lipinski definition) is 3. The number of carbonyl (C=O) groups is 1. The van der Waals surface area contributed by atoms with Crippen LogP contribution in [0.1, 0.15) is 53.8 Å². The molecule has 0 atom stereocenters. The van der Waals surface area contributed by atoms with E-state index >= 15 is 0 Å². The third-order valence-corrected chi connectivity index (χ3v) is 8.14. The Kier molecular flexibility index (Phi) is 8.18. The Bertz CT molecular complexity index is 1650. The van der Waals surface area contributed by atoms with E-state index in [1.165, 1.54) is 23.9 Å². The van der Waals surface area contributed by atoms with Crippen LogP contribution in [0.25, 0.3) is 11.3 Å². The number of benzene rings is 2. The number of hydrogen-bond acceptors (Lipinski definition) is 5. The molecule has 0 saturated carbocycles. The number of halogens is 3. The van der Waals surface area contributed by atoms with E-state index in [4.69, 9.17) is 0 Å². The van der Waals surface area contributed by atoms with E-state index in [9.17, 15) is 28.0 Å². The van der Waals surface area contributed by atoms with Gasteiger partial charge in [-0.1, -0.05) is 30.3 Å². The number of aryl methyl sites for hydroxylation is 2. The SMILES string of the molecule is Cc1cc(C(F)(F)F)ccc1NC(=O)Cn1c(C#N)c(-c2ccccc2)nc[nH]c2c(c1=O)C1(CCC2)CCNCC1. The molecule has 1 saturated heterocycles. The summed E-state index contributed by atoms with van der Waals surface area (Å²) in [4.78, 5) is 35.8. The van der Waals surface area contributed by atoms with Gasteiger partial charge in [-0.2, -0.15) is 18.4 Å². The van der Waals surface area contributed by atoms with Crippen molar-refractivity contribution >= 4 is 11.6 Å². The minimum Gasteiger partial charge on any atom is -0.349 e. The molecule has 11 heteroatoms. The number of rotatable bonds is 4. The highest BCUT2D eigenvalue weighted by Gasteiger charge is 2.40. The summed E-state index contributed by atoms with van der Waals surface area (Å²) in [7, 11) is 0. The molecule has 2 aromatic carbocycles. The van der Waals surface area contributed by atoms with Crippen LogP contribution in [0.3, 0.4) is 0 Å². The normalized spacial score (nSPS) is 15.8. The van der Waals surface area contributed by atoms with E-state index in [0.29, 0.717) is 17.5 Å². The van der Waals surface area contributed by atoms with Gasteiger partial charge >= 0.3 is 6.18 Å². The highest BCUT2D eigenvalue weighted by molar-refractivity contribution is 5.91. The average molecular weight is 577 g/mol. The second-order valence-corrected chi connectivity index (χ2v) is 10.8. The standard InChI is InChI=1S/C31H31F3N6O2/c1-20-16-22(31(32,33)34)9-10-23(20)39-26(41)18-40-25(17-35)28(21-6-3-2-4-7-21)38-19-37-24-8-5-11-30(27(24)29(40)42)12-14-36-15-13-30/h2-4,6-7,9-10,16,19,36H,5,8,11-15,18H2,1H3,(H,37,38)(H,39,41). The lowest BCUT2D eigenvalue weighted by Gasteiger charge is -2.41. The molecule has 1 spiro atoms. The Morgan fingerprint density at radius 2 is 1.88 bits per heavy atom. The Balaban J connectivity index is 1.69. The minimum absolute atomic E-state index is 0.0908. The maximum Gasteiger partial charge on any atom is 0.416 e. The van der Waals surface area contributed by atoms with Gasteiger partial charge in [0.15, 0.2) is 0 Å². The number of nitrogens with one attached hydrogen (secondary N) is 3. The van der Waals surface area contributed by atoms with Gasteiger partial charge in [0.1, 0.15) is 24.0 Å². The summed E-state index contributed by atoms with van der Waals surface area (Å²) in [5, 5.41) is 16.4. The molecule has 0 unspecified atom stereocenters. The van der Waals surface area contributed by atoms with Crippen molar-refractivity contribution in [1.82, 2.24) is 19.9 Å². The van der Waals surface area contributed by atoms with Gasteiger partial charge in [-0.05, 0) is 75.9 Å². The van der Waals surface area contributed by atoms with Gasteiger partial charge in [0.2, 0.25) is 5.91 Å². The summed E-state index contributed by atoms with van der Waals surface area (Å²) in [6, 6.07) is 14.1. The molecule has 1 fully saturated rings. The fraction of sp³-hybridized carbons (Fsp3) is 0.355. The molecule has 5 rings (SSSR count).